The summed E-state index contributed by atoms with van der Waals surface area (Å²) in [4.78, 5) is 0. The molecular weight excluding hydrogens is 210 g/mol. The van der Waals surface area contributed by atoms with Crippen molar-refractivity contribution in [2.75, 3.05) is 6.54 Å². The minimum Gasteiger partial charge on any atom is -0.490 e. The van der Waals surface area contributed by atoms with Crippen LogP contribution in [-0.4, -0.2) is 12.6 Å². The van der Waals surface area contributed by atoms with Crippen LogP contribution in [0.4, 0.5) is 0 Å². The van der Waals surface area contributed by atoms with Gasteiger partial charge in [-0.25, -0.2) is 0 Å². The normalized spacial score (nSPS) is 14.4. The molecule has 0 bridgehead atoms. The van der Waals surface area contributed by atoms with E-state index in [0.29, 0.717) is 5.92 Å². The molecule has 0 aliphatic carbocycles. The van der Waals surface area contributed by atoms with Crippen LogP contribution in [0.1, 0.15) is 51.5 Å². The van der Waals surface area contributed by atoms with Crippen molar-refractivity contribution in [3.05, 3.63) is 29.8 Å². The number of para-hydroxylation sites is 1. The summed E-state index contributed by atoms with van der Waals surface area (Å²) in [6.07, 6.45) is 3.42. The van der Waals surface area contributed by atoms with Gasteiger partial charge in [0.2, 0.25) is 0 Å². The van der Waals surface area contributed by atoms with Crippen LogP contribution in [0.15, 0.2) is 24.3 Å². The Morgan fingerprint density at radius 1 is 1.24 bits per heavy atom. The van der Waals surface area contributed by atoms with E-state index in [-0.39, 0.29) is 6.10 Å². The summed E-state index contributed by atoms with van der Waals surface area (Å²) in [5, 5.41) is 0. The number of benzene rings is 1. The first-order valence-corrected chi connectivity index (χ1v) is 6.64. The summed E-state index contributed by atoms with van der Waals surface area (Å²) >= 11 is 0. The first kappa shape index (κ1) is 14.0. The van der Waals surface area contributed by atoms with E-state index in [2.05, 4.69) is 39.0 Å². The average molecular weight is 235 g/mol. The van der Waals surface area contributed by atoms with E-state index in [4.69, 9.17) is 10.5 Å². The van der Waals surface area contributed by atoms with Gasteiger partial charge in [0.15, 0.2) is 0 Å². The van der Waals surface area contributed by atoms with Crippen molar-refractivity contribution in [3.8, 4) is 5.75 Å². The van der Waals surface area contributed by atoms with Gasteiger partial charge in [0.05, 0.1) is 6.10 Å². The minimum atomic E-state index is 0.240. The van der Waals surface area contributed by atoms with E-state index in [9.17, 15) is 0 Å². The highest BCUT2D eigenvalue weighted by Gasteiger charge is 2.11. The van der Waals surface area contributed by atoms with Gasteiger partial charge in [-0.1, -0.05) is 32.0 Å². The summed E-state index contributed by atoms with van der Waals surface area (Å²) < 4.78 is 6.01. The molecular formula is C15H25NO. The van der Waals surface area contributed by atoms with Crippen LogP contribution in [0, 0.1) is 0 Å². The van der Waals surface area contributed by atoms with Crippen LogP contribution >= 0.6 is 0 Å². The molecule has 2 nitrogen and oxygen atoms in total. The summed E-state index contributed by atoms with van der Waals surface area (Å²) in [5.41, 5.74) is 6.83. The van der Waals surface area contributed by atoms with Crippen LogP contribution < -0.4 is 10.5 Å². The number of hydrogen-bond donors (Lipinski definition) is 1. The van der Waals surface area contributed by atoms with Crippen molar-refractivity contribution in [1.82, 2.24) is 0 Å². The van der Waals surface area contributed by atoms with Gasteiger partial charge >= 0.3 is 0 Å². The first-order valence-electron chi connectivity index (χ1n) is 6.64. The fraction of sp³-hybridized carbons (Fsp3) is 0.600. The fourth-order valence-corrected chi connectivity index (χ4v) is 1.90. The third-order valence-electron chi connectivity index (χ3n) is 3.21. The molecule has 2 unspecified atom stereocenters. The molecule has 1 aromatic carbocycles. The predicted molar refractivity (Wildman–Crippen MR) is 73.5 cm³/mol. The van der Waals surface area contributed by atoms with Crippen LogP contribution in [0.3, 0.4) is 0 Å². The van der Waals surface area contributed by atoms with Crippen LogP contribution in [0.25, 0.3) is 0 Å². The molecule has 0 amide bonds. The molecule has 1 rings (SSSR count). The minimum absolute atomic E-state index is 0.240. The molecule has 2 heteroatoms. The topological polar surface area (TPSA) is 35.2 Å². The Kier molecular flexibility index (Phi) is 6.06. The zero-order valence-corrected chi connectivity index (χ0v) is 11.3. The lowest BCUT2D eigenvalue weighted by Gasteiger charge is -2.19. The van der Waals surface area contributed by atoms with Gasteiger partial charge in [-0.2, -0.15) is 0 Å². The molecule has 0 spiro atoms. The first-order chi connectivity index (χ1) is 8.19. The van der Waals surface area contributed by atoms with Crippen molar-refractivity contribution < 1.29 is 4.74 Å². The third-order valence-corrected chi connectivity index (χ3v) is 3.21. The van der Waals surface area contributed by atoms with E-state index in [1.54, 1.807) is 0 Å². The van der Waals surface area contributed by atoms with Crippen molar-refractivity contribution in [2.45, 2.75) is 52.1 Å². The fourth-order valence-electron chi connectivity index (χ4n) is 1.90. The number of nitrogens with two attached hydrogens (primary N) is 1. The van der Waals surface area contributed by atoms with E-state index in [1.807, 2.05) is 6.07 Å². The molecule has 2 N–H and O–H groups in total. The van der Waals surface area contributed by atoms with Crippen molar-refractivity contribution in [2.24, 2.45) is 5.73 Å². The Morgan fingerprint density at radius 3 is 2.59 bits per heavy atom. The highest BCUT2D eigenvalue weighted by atomic mass is 16.5. The van der Waals surface area contributed by atoms with E-state index < -0.39 is 0 Å². The lowest BCUT2D eigenvalue weighted by Crippen LogP contribution is -2.15. The van der Waals surface area contributed by atoms with Crippen LogP contribution in [0.2, 0.25) is 0 Å². The maximum absolute atomic E-state index is 6.01. The Labute approximate surface area is 105 Å². The van der Waals surface area contributed by atoms with Crippen molar-refractivity contribution >= 4 is 0 Å². The van der Waals surface area contributed by atoms with Gasteiger partial charge < -0.3 is 10.5 Å². The molecule has 0 radical (unpaired) electrons. The molecule has 0 saturated carbocycles. The summed E-state index contributed by atoms with van der Waals surface area (Å²) in [5.74, 6) is 1.58. The third kappa shape index (κ3) is 4.39. The smallest absolute Gasteiger partial charge is 0.123 e. The van der Waals surface area contributed by atoms with Gasteiger partial charge in [0, 0.05) is 0 Å². The highest BCUT2D eigenvalue weighted by molar-refractivity contribution is 5.36. The number of hydrogen-bond acceptors (Lipinski definition) is 2. The van der Waals surface area contributed by atoms with Gasteiger partial charge in [-0.15, -0.1) is 0 Å². The highest BCUT2D eigenvalue weighted by Crippen LogP contribution is 2.29. The van der Waals surface area contributed by atoms with E-state index in [1.165, 1.54) is 5.56 Å². The van der Waals surface area contributed by atoms with Gasteiger partial charge in [0.1, 0.15) is 5.75 Å². The summed E-state index contributed by atoms with van der Waals surface area (Å²) in [6.45, 7) is 7.30. The van der Waals surface area contributed by atoms with Gasteiger partial charge in [-0.05, 0) is 50.3 Å². The molecule has 1 aromatic rings. The van der Waals surface area contributed by atoms with Crippen molar-refractivity contribution in [3.63, 3.8) is 0 Å². The lowest BCUT2D eigenvalue weighted by atomic mass is 9.98. The Hall–Kier alpha value is -1.02. The Morgan fingerprint density at radius 2 is 1.94 bits per heavy atom. The molecule has 0 aromatic heterocycles. The molecule has 0 aliphatic heterocycles. The monoisotopic (exact) mass is 235 g/mol. The SMILES string of the molecule is CCC(C)c1ccccc1OC(C)CCCN. The maximum atomic E-state index is 6.01. The van der Waals surface area contributed by atoms with E-state index in [0.717, 1.165) is 31.6 Å². The maximum Gasteiger partial charge on any atom is 0.123 e. The molecule has 0 fully saturated rings. The number of ether oxygens (including phenoxy) is 1. The summed E-state index contributed by atoms with van der Waals surface area (Å²) in [7, 11) is 0. The van der Waals surface area contributed by atoms with Crippen LogP contribution in [0.5, 0.6) is 5.75 Å². The Balaban J connectivity index is 2.69. The van der Waals surface area contributed by atoms with Gasteiger partial charge in [-0.3, -0.25) is 0 Å². The number of rotatable bonds is 7. The van der Waals surface area contributed by atoms with Crippen LogP contribution in [-0.2, 0) is 0 Å². The van der Waals surface area contributed by atoms with Gasteiger partial charge in [0.25, 0.3) is 0 Å². The molecule has 0 saturated heterocycles. The molecule has 2 atom stereocenters. The van der Waals surface area contributed by atoms with Crippen molar-refractivity contribution in [1.29, 1.82) is 0 Å². The zero-order chi connectivity index (χ0) is 12.7. The molecule has 17 heavy (non-hydrogen) atoms. The molecule has 96 valence electrons. The quantitative estimate of drug-likeness (QED) is 0.782. The second-order valence-corrected chi connectivity index (χ2v) is 4.71. The Bertz CT molecular complexity index is 324. The zero-order valence-electron chi connectivity index (χ0n) is 11.3. The van der Waals surface area contributed by atoms with E-state index >= 15 is 0 Å². The second kappa shape index (κ2) is 7.33. The molecule has 0 aliphatic rings. The second-order valence-electron chi connectivity index (χ2n) is 4.71. The molecule has 0 heterocycles. The predicted octanol–water partition coefficient (Wildman–Crippen LogP) is 3.71. The largest absolute Gasteiger partial charge is 0.490 e. The standard InChI is InChI=1S/C15H25NO/c1-4-12(2)14-9-5-6-10-15(14)17-13(3)8-7-11-16/h5-6,9-10,12-13H,4,7-8,11,16H2,1-3H3. The lowest BCUT2D eigenvalue weighted by molar-refractivity contribution is 0.206. The average Bonchev–Trinajstić information content (AvgIpc) is 2.36. The summed E-state index contributed by atoms with van der Waals surface area (Å²) in [6, 6.07) is 8.36.